The van der Waals surface area contributed by atoms with Crippen LogP contribution in [0.2, 0.25) is 0 Å². The number of thiazole rings is 1. The van der Waals surface area contributed by atoms with E-state index in [1.165, 1.54) is 11.3 Å². The third kappa shape index (κ3) is 3.07. The Bertz CT molecular complexity index is 417. The fourth-order valence-electron chi connectivity index (χ4n) is 1.34. The van der Waals surface area contributed by atoms with Gasteiger partial charge in [0.2, 0.25) is 0 Å². The van der Waals surface area contributed by atoms with E-state index >= 15 is 0 Å². The smallest absolute Gasteiger partial charge is 0.331 e. The standard InChI is InChI=1S/C12H18N2O3S/c1-5-17-11(16)12(4,8(2)3)14-10(15)9-6-18-7-13-9/h6-8H,5H2,1-4H3,(H,14,15)/t12-/m0/s1. The maximum atomic E-state index is 12.0. The summed E-state index contributed by atoms with van der Waals surface area (Å²) in [7, 11) is 0. The number of hydrogen-bond acceptors (Lipinski definition) is 5. The number of carbonyl (C=O) groups excluding carboxylic acids is 2. The molecule has 0 saturated carbocycles. The zero-order chi connectivity index (χ0) is 13.8. The van der Waals surface area contributed by atoms with Gasteiger partial charge in [0.1, 0.15) is 11.2 Å². The van der Waals surface area contributed by atoms with E-state index in [0.717, 1.165) is 0 Å². The number of ether oxygens (including phenoxy) is 1. The first kappa shape index (κ1) is 14.6. The van der Waals surface area contributed by atoms with E-state index in [9.17, 15) is 9.59 Å². The molecule has 100 valence electrons. The van der Waals surface area contributed by atoms with E-state index in [1.54, 1.807) is 24.7 Å². The lowest BCUT2D eigenvalue weighted by molar-refractivity contribution is -0.152. The molecule has 0 aliphatic heterocycles. The van der Waals surface area contributed by atoms with E-state index in [4.69, 9.17) is 4.74 Å². The predicted octanol–water partition coefficient (Wildman–Crippen LogP) is 1.85. The predicted molar refractivity (Wildman–Crippen MR) is 69.5 cm³/mol. The van der Waals surface area contributed by atoms with Gasteiger partial charge in [-0.25, -0.2) is 9.78 Å². The van der Waals surface area contributed by atoms with Gasteiger partial charge in [0.15, 0.2) is 0 Å². The molecule has 0 aliphatic rings. The molecule has 0 radical (unpaired) electrons. The molecule has 1 aromatic rings. The van der Waals surface area contributed by atoms with Crippen LogP contribution >= 0.6 is 11.3 Å². The minimum absolute atomic E-state index is 0.0841. The summed E-state index contributed by atoms with van der Waals surface area (Å²) in [5, 5.41) is 4.35. The van der Waals surface area contributed by atoms with Crippen molar-refractivity contribution in [2.75, 3.05) is 6.61 Å². The van der Waals surface area contributed by atoms with Crippen molar-refractivity contribution in [3.05, 3.63) is 16.6 Å². The zero-order valence-corrected chi connectivity index (χ0v) is 11.8. The summed E-state index contributed by atoms with van der Waals surface area (Å²) >= 11 is 1.33. The van der Waals surface area contributed by atoms with Crippen LogP contribution in [-0.2, 0) is 9.53 Å². The monoisotopic (exact) mass is 270 g/mol. The fourth-order valence-corrected chi connectivity index (χ4v) is 1.87. The average Bonchev–Trinajstić information content (AvgIpc) is 2.82. The van der Waals surface area contributed by atoms with Crippen LogP contribution < -0.4 is 5.32 Å². The highest BCUT2D eigenvalue weighted by atomic mass is 32.1. The highest BCUT2D eigenvalue weighted by molar-refractivity contribution is 7.07. The van der Waals surface area contributed by atoms with Crippen LogP contribution in [0.4, 0.5) is 0 Å². The second kappa shape index (κ2) is 5.95. The first-order valence-corrected chi connectivity index (χ1v) is 6.74. The molecule has 0 spiro atoms. The number of hydrogen-bond donors (Lipinski definition) is 1. The molecule has 18 heavy (non-hydrogen) atoms. The Kier molecular flexibility index (Phi) is 4.84. The number of rotatable bonds is 5. The van der Waals surface area contributed by atoms with E-state index in [0.29, 0.717) is 5.69 Å². The van der Waals surface area contributed by atoms with E-state index in [-0.39, 0.29) is 18.4 Å². The summed E-state index contributed by atoms with van der Waals surface area (Å²) in [4.78, 5) is 27.8. The van der Waals surface area contributed by atoms with Crippen LogP contribution in [0.1, 0.15) is 38.2 Å². The van der Waals surface area contributed by atoms with Gasteiger partial charge in [-0.1, -0.05) is 13.8 Å². The van der Waals surface area contributed by atoms with Gasteiger partial charge in [0.25, 0.3) is 5.91 Å². The maximum absolute atomic E-state index is 12.0. The SMILES string of the molecule is CCOC(=O)[C@@](C)(NC(=O)c1cscn1)C(C)C. The lowest BCUT2D eigenvalue weighted by atomic mass is 9.88. The summed E-state index contributed by atoms with van der Waals surface area (Å²) in [6.07, 6.45) is 0. The Morgan fingerprint density at radius 2 is 2.22 bits per heavy atom. The van der Waals surface area contributed by atoms with Crippen LogP contribution in [0.15, 0.2) is 10.9 Å². The van der Waals surface area contributed by atoms with E-state index < -0.39 is 11.5 Å². The molecule has 0 saturated heterocycles. The second-order valence-corrected chi connectivity index (χ2v) is 5.12. The molecule has 5 nitrogen and oxygen atoms in total. The Labute approximate surface area is 111 Å². The fraction of sp³-hybridized carbons (Fsp3) is 0.583. The molecule has 1 N–H and O–H groups in total. The first-order valence-electron chi connectivity index (χ1n) is 5.79. The molecule has 1 heterocycles. The highest BCUT2D eigenvalue weighted by Crippen LogP contribution is 2.19. The van der Waals surface area contributed by atoms with Gasteiger partial charge in [-0.15, -0.1) is 11.3 Å². The highest BCUT2D eigenvalue weighted by Gasteiger charge is 2.40. The van der Waals surface area contributed by atoms with Crippen molar-refractivity contribution in [3.63, 3.8) is 0 Å². The van der Waals surface area contributed by atoms with Crippen molar-refractivity contribution < 1.29 is 14.3 Å². The lowest BCUT2D eigenvalue weighted by Crippen LogP contribution is -2.56. The molecule has 0 fully saturated rings. The largest absolute Gasteiger partial charge is 0.464 e. The third-order valence-corrected chi connectivity index (χ3v) is 3.48. The summed E-state index contributed by atoms with van der Waals surface area (Å²) in [6.45, 7) is 7.41. The molecule has 0 bridgehead atoms. The third-order valence-electron chi connectivity index (χ3n) is 2.89. The zero-order valence-electron chi connectivity index (χ0n) is 11.0. The molecular formula is C12H18N2O3S. The van der Waals surface area contributed by atoms with Gasteiger partial charge < -0.3 is 10.1 Å². The molecule has 1 amide bonds. The summed E-state index contributed by atoms with van der Waals surface area (Å²) in [5.41, 5.74) is 0.846. The van der Waals surface area contributed by atoms with Gasteiger partial charge in [-0.2, -0.15) is 0 Å². The Balaban J connectivity index is 2.86. The van der Waals surface area contributed by atoms with Gasteiger partial charge >= 0.3 is 5.97 Å². The van der Waals surface area contributed by atoms with Crippen molar-refractivity contribution in [1.82, 2.24) is 10.3 Å². The van der Waals surface area contributed by atoms with Gasteiger partial charge in [-0.3, -0.25) is 4.79 Å². The number of nitrogens with zero attached hydrogens (tertiary/aromatic N) is 1. The summed E-state index contributed by atoms with van der Waals surface area (Å²) in [5.74, 6) is -0.872. The molecule has 1 rings (SSSR count). The van der Waals surface area contributed by atoms with Crippen LogP contribution in [0.3, 0.4) is 0 Å². The minimum Gasteiger partial charge on any atom is -0.464 e. The summed E-state index contributed by atoms with van der Waals surface area (Å²) < 4.78 is 5.02. The Hall–Kier alpha value is -1.43. The number of aromatic nitrogens is 1. The van der Waals surface area contributed by atoms with Crippen molar-refractivity contribution in [3.8, 4) is 0 Å². The van der Waals surface area contributed by atoms with Crippen molar-refractivity contribution in [1.29, 1.82) is 0 Å². The van der Waals surface area contributed by atoms with E-state index in [2.05, 4.69) is 10.3 Å². The van der Waals surface area contributed by atoms with Gasteiger partial charge in [0.05, 0.1) is 12.1 Å². The molecular weight excluding hydrogens is 252 g/mol. The average molecular weight is 270 g/mol. The van der Waals surface area contributed by atoms with Gasteiger partial charge in [-0.05, 0) is 19.8 Å². The van der Waals surface area contributed by atoms with Crippen LogP contribution in [0.5, 0.6) is 0 Å². The quantitative estimate of drug-likeness (QED) is 0.829. The Morgan fingerprint density at radius 3 is 2.67 bits per heavy atom. The number of nitrogens with one attached hydrogen (secondary N) is 1. The Morgan fingerprint density at radius 1 is 1.56 bits per heavy atom. The van der Waals surface area contributed by atoms with Crippen LogP contribution in [0.25, 0.3) is 0 Å². The van der Waals surface area contributed by atoms with E-state index in [1.807, 2.05) is 13.8 Å². The van der Waals surface area contributed by atoms with Crippen molar-refractivity contribution in [2.45, 2.75) is 33.2 Å². The molecule has 0 aromatic carbocycles. The molecule has 6 heteroatoms. The lowest BCUT2D eigenvalue weighted by Gasteiger charge is -2.31. The van der Waals surface area contributed by atoms with Crippen LogP contribution in [-0.4, -0.2) is 29.0 Å². The normalized spacial score (nSPS) is 14.1. The second-order valence-electron chi connectivity index (χ2n) is 4.41. The molecule has 0 aliphatic carbocycles. The van der Waals surface area contributed by atoms with Crippen LogP contribution in [0, 0.1) is 5.92 Å². The summed E-state index contributed by atoms with van der Waals surface area (Å²) in [6, 6.07) is 0. The molecule has 1 atom stereocenters. The van der Waals surface area contributed by atoms with Crippen molar-refractivity contribution >= 4 is 23.2 Å². The number of esters is 1. The maximum Gasteiger partial charge on any atom is 0.331 e. The number of carbonyl (C=O) groups is 2. The van der Waals surface area contributed by atoms with Gasteiger partial charge in [0, 0.05) is 5.38 Å². The molecule has 1 aromatic heterocycles. The number of amides is 1. The van der Waals surface area contributed by atoms with Crippen molar-refractivity contribution in [2.24, 2.45) is 5.92 Å². The topological polar surface area (TPSA) is 68.3 Å². The first-order chi connectivity index (χ1) is 8.41. The minimum atomic E-state index is -1.04. The molecule has 0 unspecified atom stereocenters.